The van der Waals surface area contributed by atoms with Crippen molar-refractivity contribution in [2.24, 2.45) is 4.40 Å². The number of ether oxygens (including phenoxy) is 1. The van der Waals surface area contributed by atoms with Crippen LogP contribution in [-0.4, -0.2) is 32.1 Å². The van der Waals surface area contributed by atoms with Crippen LogP contribution in [0.2, 0.25) is 0 Å². The molecule has 1 atom stereocenters. The number of rotatable bonds is 4. The van der Waals surface area contributed by atoms with E-state index in [-0.39, 0.29) is 15.7 Å². The lowest BCUT2D eigenvalue weighted by molar-refractivity contribution is -0.133. The second-order valence-electron chi connectivity index (χ2n) is 5.74. The smallest absolute Gasteiger partial charge is 0.325 e. The molecule has 1 aliphatic rings. The van der Waals surface area contributed by atoms with Crippen molar-refractivity contribution in [2.75, 3.05) is 11.9 Å². The lowest BCUT2D eigenvalue weighted by Gasteiger charge is -2.19. The monoisotopic (exact) mass is 436 g/mol. The van der Waals surface area contributed by atoms with Crippen molar-refractivity contribution in [1.29, 1.82) is 0 Å². The fraction of sp³-hybridized carbons (Fsp3) is 0.222. The number of carbonyl (C=O) groups is 1. The molecule has 0 radical (unpaired) electrons. The quantitative estimate of drug-likeness (QED) is 0.417. The molecule has 0 amide bonds. The predicted octanol–water partition coefficient (Wildman–Crippen LogP) is 3.35. The van der Waals surface area contributed by atoms with E-state index in [0.29, 0.717) is 23.6 Å². The molecule has 1 heterocycles. The number of hydrogen-bond donors (Lipinski definition) is 0. The Labute approximate surface area is 160 Å². The van der Waals surface area contributed by atoms with Gasteiger partial charge in [0.1, 0.15) is 15.5 Å². The van der Waals surface area contributed by atoms with Crippen molar-refractivity contribution in [3.8, 4) is 5.75 Å². The summed E-state index contributed by atoms with van der Waals surface area (Å²) in [7, 11) is -1.93. The van der Waals surface area contributed by atoms with Crippen LogP contribution in [0.3, 0.4) is 0 Å². The van der Waals surface area contributed by atoms with Crippen molar-refractivity contribution in [3.05, 3.63) is 54.1 Å². The van der Waals surface area contributed by atoms with Crippen molar-refractivity contribution in [2.45, 2.75) is 23.1 Å². The Morgan fingerprint density at radius 2 is 1.85 bits per heavy atom. The fourth-order valence-corrected chi connectivity index (χ4v) is 3.87. The number of alkyl halides is 1. The van der Waals surface area contributed by atoms with Gasteiger partial charge < -0.3 is 9.64 Å². The molecular formula is C18H17BrN2O4S. The van der Waals surface area contributed by atoms with E-state index in [1.54, 1.807) is 60.5 Å². The largest absolute Gasteiger partial charge is 0.426 e. The summed E-state index contributed by atoms with van der Waals surface area (Å²) >= 11 is 3.25. The minimum atomic E-state index is -3.67. The van der Waals surface area contributed by atoms with Crippen molar-refractivity contribution in [1.82, 2.24) is 0 Å². The minimum Gasteiger partial charge on any atom is -0.426 e. The Morgan fingerprint density at radius 3 is 2.50 bits per heavy atom. The zero-order chi connectivity index (χ0) is 18.9. The van der Waals surface area contributed by atoms with Gasteiger partial charge in [-0.15, -0.1) is 4.40 Å². The minimum absolute atomic E-state index is 0.204. The first-order valence-electron chi connectivity index (χ1n) is 7.97. The maximum atomic E-state index is 12.2. The van der Waals surface area contributed by atoms with Crippen LogP contribution in [0.5, 0.6) is 5.75 Å². The van der Waals surface area contributed by atoms with E-state index in [1.807, 2.05) is 6.92 Å². The third kappa shape index (κ3) is 3.52. The molecule has 3 rings (SSSR count). The highest BCUT2D eigenvalue weighted by molar-refractivity contribution is 9.10. The zero-order valence-corrected chi connectivity index (χ0v) is 16.6. The zero-order valence-electron chi connectivity index (χ0n) is 14.2. The fourth-order valence-electron chi connectivity index (χ4n) is 2.54. The van der Waals surface area contributed by atoms with Gasteiger partial charge in [0.05, 0.1) is 0 Å². The molecule has 0 aliphatic carbocycles. The Bertz CT molecular complexity index is 971. The van der Waals surface area contributed by atoms with E-state index in [9.17, 15) is 13.2 Å². The summed E-state index contributed by atoms with van der Waals surface area (Å²) < 4.78 is 33.6. The number of hydrogen-bond acceptors (Lipinski definition) is 5. The van der Waals surface area contributed by atoms with E-state index in [4.69, 9.17) is 4.74 Å². The first kappa shape index (κ1) is 18.6. The van der Waals surface area contributed by atoms with E-state index in [1.165, 1.54) is 0 Å². The number of nitrogens with zero attached hydrogens (tertiary/aromatic N) is 2. The average Bonchev–Trinajstić information content (AvgIpc) is 2.92. The number of halogens is 1. The first-order chi connectivity index (χ1) is 12.3. The molecule has 0 spiro atoms. The molecule has 1 aliphatic heterocycles. The number of sulfonamides is 1. The maximum absolute atomic E-state index is 12.2. The number of esters is 1. The molecule has 136 valence electrons. The summed E-state index contributed by atoms with van der Waals surface area (Å²) in [5.74, 6) is 0.428. The van der Waals surface area contributed by atoms with Crippen LogP contribution in [0.4, 0.5) is 5.69 Å². The number of anilines is 1. The second-order valence-corrected chi connectivity index (χ2v) is 8.41. The second kappa shape index (κ2) is 7.20. The maximum Gasteiger partial charge on any atom is 0.325 e. The number of carbonyl (C=O) groups excluding carboxylic acids is 1. The Kier molecular flexibility index (Phi) is 5.15. The molecule has 2 aromatic carbocycles. The highest BCUT2D eigenvalue weighted by Crippen LogP contribution is 2.29. The summed E-state index contributed by atoms with van der Waals surface area (Å²) in [5, 5.41) is 0. The van der Waals surface area contributed by atoms with Gasteiger partial charge in [0.2, 0.25) is 0 Å². The molecule has 0 saturated carbocycles. The van der Waals surface area contributed by atoms with E-state index >= 15 is 0 Å². The molecule has 0 N–H and O–H groups in total. The van der Waals surface area contributed by atoms with E-state index in [2.05, 4.69) is 20.3 Å². The Hall–Kier alpha value is -2.19. The summed E-state index contributed by atoms with van der Waals surface area (Å²) in [6.45, 7) is 1.88. The highest BCUT2D eigenvalue weighted by Gasteiger charge is 2.30. The van der Waals surface area contributed by atoms with E-state index < -0.39 is 10.0 Å². The number of amidine groups is 1. The van der Waals surface area contributed by atoms with Crippen LogP contribution in [0.25, 0.3) is 0 Å². The standard InChI is InChI=1S/C18H17BrN2O4S/c1-3-15(19)18(22)25-13-10-8-12(9-11-13)21(2)17-14-6-4-5-7-16(14)26(23,24)20-17/h4-11,15H,3H2,1-2H3/t15-/m1/s1. The topological polar surface area (TPSA) is 76.0 Å². The van der Waals surface area contributed by atoms with Crippen LogP contribution >= 0.6 is 15.9 Å². The van der Waals surface area contributed by atoms with Crippen LogP contribution in [0.15, 0.2) is 57.8 Å². The van der Waals surface area contributed by atoms with Gasteiger partial charge in [0.25, 0.3) is 10.0 Å². The van der Waals surface area contributed by atoms with Gasteiger partial charge >= 0.3 is 5.97 Å². The SMILES string of the molecule is CC[C@@H](Br)C(=O)Oc1ccc(N(C)C2=NS(=O)(=O)c3ccccc32)cc1. The van der Waals surface area contributed by atoms with Gasteiger partial charge in [0, 0.05) is 18.3 Å². The van der Waals surface area contributed by atoms with Gasteiger partial charge in [-0.2, -0.15) is 8.42 Å². The molecule has 26 heavy (non-hydrogen) atoms. The van der Waals surface area contributed by atoms with Gasteiger partial charge in [-0.25, -0.2) is 0 Å². The molecule has 0 fully saturated rings. The Balaban J connectivity index is 1.84. The molecule has 0 saturated heterocycles. The third-order valence-corrected chi connectivity index (χ3v) is 6.33. The third-order valence-electron chi connectivity index (χ3n) is 3.99. The molecule has 6 nitrogen and oxygen atoms in total. The summed E-state index contributed by atoms with van der Waals surface area (Å²) in [5.41, 5.74) is 1.29. The average molecular weight is 437 g/mol. The lowest BCUT2D eigenvalue weighted by Crippen LogP contribution is -2.26. The molecule has 0 bridgehead atoms. The molecule has 2 aromatic rings. The van der Waals surface area contributed by atoms with Gasteiger partial charge in [-0.05, 0) is 42.8 Å². The van der Waals surface area contributed by atoms with Gasteiger partial charge in [0.15, 0.2) is 5.84 Å². The van der Waals surface area contributed by atoms with Crippen LogP contribution in [0.1, 0.15) is 18.9 Å². The van der Waals surface area contributed by atoms with Crippen molar-refractivity contribution >= 4 is 43.4 Å². The normalized spacial score (nSPS) is 15.7. The Morgan fingerprint density at radius 1 is 1.19 bits per heavy atom. The lowest BCUT2D eigenvalue weighted by atomic mass is 10.2. The van der Waals surface area contributed by atoms with Crippen molar-refractivity contribution < 1.29 is 17.9 Å². The molecular weight excluding hydrogens is 420 g/mol. The summed E-state index contributed by atoms with van der Waals surface area (Å²) in [4.78, 5) is 13.4. The summed E-state index contributed by atoms with van der Waals surface area (Å²) in [6.07, 6.45) is 0.632. The van der Waals surface area contributed by atoms with Crippen LogP contribution < -0.4 is 9.64 Å². The molecule has 0 unspecified atom stereocenters. The summed E-state index contributed by atoms with van der Waals surface area (Å²) in [6, 6.07) is 13.5. The number of benzene rings is 2. The molecule has 8 heteroatoms. The molecule has 0 aromatic heterocycles. The first-order valence-corrected chi connectivity index (χ1v) is 10.3. The van der Waals surface area contributed by atoms with E-state index in [0.717, 1.165) is 5.69 Å². The predicted molar refractivity (Wildman–Crippen MR) is 104 cm³/mol. The van der Waals surface area contributed by atoms with Crippen LogP contribution in [-0.2, 0) is 14.8 Å². The van der Waals surface area contributed by atoms with Crippen molar-refractivity contribution in [3.63, 3.8) is 0 Å². The van der Waals surface area contributed by atoms with Gasteiger partial charge in [-0.3, -0.25) is 4.79 Å². The number of fused-ring (bicyclic) bond motifs is 1. The van der Waals surface area contributed by atoms with Gasteiger partial charge in [-0.1, -0.05) is 35.0 Å². The van der Waals surface area contributed by atoms with Crippen LogP contribution in [0, 0.1) is 0 Å². The highest BCUT2D eigenvalue weighted by atomic mass is 79.9.